The number of amides is 2. The highest BCUT2D eigenvalue weighted by atomic mass is 32.2. The van der Waals surface area contributed by atoms with E-state index in [1.165, 1.54) is 4.31 Å². The fourth-order valence-corrected chi connectivity index (χ4v) is 5.84. The largest absolute Gasteiger partial charge is 0.349 e. The Bertz CT molecular complexity index is 1030. The highest BCUT2D eigenvalue weighted by Gasteiger charge is 2.35. The normalized spacial score (nSPS) is 18.9. The first-order valence-corrected chi connectivity index (χ1v) is 12.4. The molecule has 4 rings (SSSR count). The van der Waals surface area contributed by atoms with Crippen LogP contribution >= 0.6 is 0 Å². The van der Waals surface area contributed by atoms with Crippen molar-refractivity contribution in [1.29, 1.82) is 0 Å². The van der Waals surface area contributed by atoms with Crippen molar-refractivity contribution in [2.75, 3.05) is 26.2 Å². The van der Waals surface area contributed by atoms with Crippen molar-refractivity contribution in [3.63, 3.8) is 0 Å². The standard InChI is InChI=1S/C23H28N4O4S/c28-22(19-5-4-12-24-17-19)25-20-10-13-26(14-11-20)23(29)18-8-15-27(16-9-18)32(30,31)21-6-2-1-3-7-21/h1-7,12,17-18,20H,8-11,13-16H2,(H,25,28). The van der Waals surface area contributed by atoms with E-state index in [0.717, 1.165) is 0 Å². The second kappa shape index (κ2) is 9.79. The van der Waals surface area contributed by atoms with Crippen LogP contribution in [0.5, 0.6) is 0 Å². The Kier molecular flexibility index (Phi) is 6.86. The van der Waals surface area contributed by atoms with Gasteiger partial charge in [-0.15, -0.1) is 0 Å². The average Bonchev–Trinajstić information content (AvgIpc) is 2.85. The van der Waals surface area contributed by atoms with E-state index < -0.39 is 10.0 Å². The lowest BCUT2D eigenvalue weighted by atomic mass is 9.95. The molecule has 170 valence electrons. The summed E-state index contributed by atoms with van der Waals surface area (Å²) in [7, 11) is -3.51. The molecule has 2 fully saturated rings. The molecule has 32 heavy (non-hydrogen) atoms. The van der Waals surface area contributed by atoms with Crippen LogP contribution in [0.15, 0.2) is 59.8 Å². The van der Waals surface area contributed by atoms with Gasteiger partial charge < -0.3 is 10.2 Å². The molecule has 2 saturated heterocycles. The minimum absolute atomic E-state index is 0.0321. The van der Waals surface area contributed by atoms with Crippen LogP contribution in [0.2, 0.25) is 0 Å². The number of benzene rings is 1. The fourth-order valence-electron chi connectivity index (χ4n) is 4.35. The van der Waals surface area contributed by atoms with E-state index in [9.17, 15) is 18.0 Å². The van der Waals surface area contributed by atoms with Gasteiger partial charge in [0.05, 0.1) is 10.5 Å². The predicted octanol–water partition coefficient (Wildman–Crippen LogP) is 1.90. The molecule has 0 radical (unpaired) electrons. The van der Waals surface area contributed by atoms with Gasteiger partial charge in [-0.2, -0.15) is 4.31 Å². The highest BCUT2D eigenvalue weighted by Crippen LogP contribution is 2.26. The molecule has 0 unspecified atom stereocenters. The Morgan fingerprint density at radius 1 is 0.906 bits per heavy atom. The van der Waals surface area contributed by atoms with Crippen molar-refractivity contribution < 1.29 is 18.0 Å². The van der Waals surface area contributed by atoms with Crippen molar-refractivity contribution in [1.82, 2.24) is 19.5 Å². The quantitative estimate of drug-likeness (QED) is 0.741. The Morgan fingerprint density at radius 2 is 1.59 bits per heavy atom. The van der Waals surface area contributed by atoms with Gasteiger partial charge in [0.2, 0.25) is 15.9 Å². The lowest BCUT2D eigenvalue weighted by molar-refractivity contribution is -0.137. The zero-order valence-corrected chi connectivity index (χ0v) is 18.7. The minimum atomic E-state index is -3.51. The number of nitrogens with zero attached hydrogens (tertiary/aromatic N) is 3. The third-order valence-electron chi connectivity index (χ3n) is 6.25. The molecule has 2 amide bonds. The minimum Gasteiger partial charge on any atom is -0.349 e. The van der Waals surface area contributed by atoms with E-state index in [0.29, 0.717) is 62.3 Å². The topological polar surface area (TPSA) is 99.7 Å². The molecule has 1 aromatic heterocycles. The van der Waals surface area contributed by atoms with Gasteiger partial charge in [-0.1, -0.05) is 18.2 Å². The molecular formula is C23H28N4O4S. The van der Waals surface area contributed by atoms with Crippen molar-refractivity contribution >= 4 is 21.8 Å². The first-order valence-electron chi connectivity index (χ1n) is 11.0. The number of carbonyl (C=O) groups is 2. The molecule has 2 aromatic rings. The van der Waals surface area contributed by atoms with Gasteiger partial charge in [-0.3, -0.25) is 14.6 Å². The summed E-state index contributed by atoms with van der Waals surface area (Å²) in [5, 5.41) is 3.02. The lowest BCUT2D eigenvalue weighted by Crippen LogP contribution is -2.49. The van der Waals surface area contributed by atoms with Gasteiger partial charge in [-0.25, -0.2) is 8.42 Å². The van der Waals surface area contributed by atoms with Crippen LogP contribution in [0.25, 0.3) is 0 Å². The summed E-state index contributed by atoms with van der Waals surface area (Å²) in [6.07, 6.45) is 5.64. The molecule has 2 aliphatic heterocycles. The molecule has 9 heteroatoms. The summed E-state index contributed by atoms with van der Waals surface area (Å²) in [5.41, 5.74) is 0.531. The molecule has 1 N–H and O–H groups in total. The van der Waals surface area contributed by atoms with Crippen molar-refractivity contribution in [3.8, 4) is 0 Å². The van der Waals surface area contributed by atoms with E-state index >= 15 is 0 Å². The molecule has 0 bridgehead atoms. The number of nitrogens with one attached hydrogen (secondary N) is 1. The number of likely N-dealkylation sites (tertiary alicyclic amines) is 1. The number of piperidine rings is 2. The van der Waals surface area contributed by atoms with Gasteiger partial charge in [0, 0.05) is 50.5 Å². The van der Waals surface area contributed by atoms with Crippen LogP contribution in [0, 0.1) is 5.92 Å². The number of rotatable bonds is 5. The maximum Gasteiger partial charge on any atom is 0.253 e. The number of aromatic nitrogens is 1. The second-order valence-electron chi connectivity index (χ2n) is 8.31. The van der Waals surface area contributed by atoms with Crippen LogP contribution in [-0.4, -0.2) is 66.6 Å². The van der Waals surface area contributed by atoms with E-state index in [4.69, 9.17) is 0 Å². The number of sulfonamides is 1. The molecule has 2 aliphatic rings. The third-order valence-corrected chi connectivity index (χ3v) is 8.16. The monoisotopic (exact) mass is 456 g/mol. The number of carbonyl (C=O) groups excluding carboxylic acids is 2. The highest BCUT2D eigenvalue weighted by molar-refractivity contribution is 7.89. The molecule has 0 aliphatic carbocycles. The SMILES string of the molecule is O=C(NC1CCN(C(=O)C2CCN(S(=O)(=O)c3ccccc3)CC2)CC1)c1cccnc1. The molecule has 0 saturated carbocycles. The Labute approximate surface area is 188 Å². The molecule has 1 aromatic carbocycles. The zero-order valence-electron chi connectivity index (χ0n) is 17.9. The average molecular weight is 457 g/mol. The number of pyridine rings is 1. The van der Waals surface area contributed by atoms with Gasteiger partial charge in [-0.05, 0) is 49.9 Å². The van der Waals surface area contributed by atoms with Gasteiger partial charge in [0.25, 0.3) is 5.91 Å². The maximum absolute atomic E-state index is 13.0. The Morgan fingerprint density at radius 3 is 2.22 bits per heavy atom. The summed E-state index contributed by atoms with van der Waals surface area (Å²) < 4.78 is 27.0. The number of hydrogen-bond donors (Lipinski definition) is 1. The molecule has 0 atom stereocenters. The Balaban J connectivity index is 1.25. The van der Waals surface area contributed by atoms with E-state index in [-0.39, 0.29) is 23.8 Å². The van der Waals surface area contributed by atoms with Crippen molar-refractivity contribution in [2.24, 2.45) is 5.92 Å². The van der Waals surface area contributed by atoms with Crippen LogP contribution in [0.4, 0.5) is 0 Å². The predicted molar refractivity (Wildman–Crippen MR) is 119 cm³/mol. The lowest BCUT2D eigenvalue weighted by Gasteiger charge is -2.37. The van der Waals surface area contributed by atoms with Crippen LogP contribution in [0.3, 0.4) is 0 Å². The third kappa shape index (κ3) is 4.99. The van der Waals surface area contributed by atoms with Crippen LogP contribution in [-0.2, 0) is 14.8 Å². The van der Waals surface area contributed by atoms with Crippen molar-refractivity contribution in [3.05, 3.63) is 60.4 Å². The molecule has 0 spiro atoms. The van der Waals surface area contributed by atoms with Gasteiger partial charge in [0.1, 0.15) is 0 Å². The zero-order chi connectivity index (χ0) is 22.6. The fraction of sp³-hybridized carbons (Fsp3) is 0.435. The molecular weight excluding hydrogens is 428 g/mol. The van der Waals surface area contributed by atoms with E-state index in [1.807, 2.05) is 4.90 Å². The second-order valence-corrected chi connectivity index (χ2v) is 10.2. The molecule has 3 heterocycles. The maximum atomic E-state index is 13.0. The Hall–Kier alpha value is -2.78. The molecule has 8 nitrogen and oxygen atoms in total. The smallest absolute Gasteiger partial charge is 0.253 e. The first-order chi connectivity index (χ1) is 15.4. The summed E-state index contributed by atoms with van der Waals surface area (Å²) >= 11 is 0. The van der Waals surface area contributed by atoms with E-state index in [1.54, 1.807) is 54.9 Å². The van der Waals surface area contributed by atoms with Crippen LogP contribution in [0.1, 0.15) is 36.0 Å². The van der Waals surface area contributed by atoms with Crippen LogP contribution < -0.4 is 5.32 Å². The van der Waals surface area contributed by atoms with Crippen molar-refractivity contribution in [2.45, 2.75) is 36.6 Å². The number of hydrogen-bond acceptors (Lipinski definition) is 5. The van der Waals surface area contributed by atoms with E-state index in [2.05, 4.69) is 10.3 Å². The summed E-state index contributed by atoms with van der Waals surface area (Å²) in [4.78, 5) is 31.4. The summed E-state index contributed by atoms with van der Waals surface area (Å²) in [5.74, 6) is -0.201. The summed E-state index contributed by atoms with van der Waals surface area (Å²) in [6, 6.07) is 11.9. The van der Waals surface area contributed by atoms with Gasteiger partial charge >= 0.3 is 0 Å². The summed E-state index contributed by atoms with van der Waals surface area (Å²) in [6.45, 7) is 1.90. The van der Waals surface area contributed by atoms with Gasteiger partial charge in [0.15, 0.2) is 0 Å². The first kappa shape index (κ1) is 22.4.